The van der Waals surface area contributed by atoms with Crippen molar-refractivity contribution < 1.29 is 9.47 Å². The molecular formula is C28H26N4O2S2. The van der Waals surface area contributed by atoms with Gasteiger partial charge >= 0.3 is 0 Å². The third kappa shape index (κ3) is 3.83. The molecule has 0 fully saturated rings. The van der Waals surface area contributed by atoms with Crippen molar-refractivity contribution >= 4 is 43.1 Å². The van der Waals surface area contributed by atoms with Crippen LogP contribution in [0.25, 0.3) is 20.4 Å². The van der Waals surface area contributed by atoms with Gasteiger partial charge < -0.3 is 9.47 Å². The van der Waals surface area contributed by atoms with E-state index < -0.39 is 0 Å². The Bertz CT molecular complexity index is 1520. The van der Waals surface area contributed by atoms with Gasteiger partial charge in [-0.15, -0.1) is 22.7 Å². The maximum atomic E-state index is 6.41. The fourth-order valence-corrected chi connectivity index (χ4v) is 8.02. The van der Waals surface area contributed by atoms with Gasteiger partial charge in [0.1, 0.15) is 32.8 Å². The van der Waals surface area contributed by atoms with E-state index in [1.807, 2.05) is 38.1 Å². The van der Waals surface area contributed by atoms with Gasteiger partial charge in [0.15, 0.2) is 0 Å². The number of ether oxygens (including phenoxy) is 2. The van der Waals surface area contributed by atoms with Gasteiger partial charge in [-0.25, -0.2) is 9.97 Å². The van der Waals surface area contributed by atoms with Gasteiger partial charge in [-0.05, 0) is 88.5 Å². The summed E-state index contributed by atoms with van der Waals surface area (Å²) in [6.45, 7) is 3.85. The Balaban J connectivity index is 1.25. The quantitative estimate of drug-likeness (QED) is 0.245. The molecule has 0 saturated heterocycles. The molecule has 182 valence electrons. The first-order valence-corrected chi connectivity index (χ1v) is 14.3. The molecule has 0 saturated carbocycles. The van der Waals surface area contributed by atoms with E-state index in [0.717, 1.165) is 57.8 Å². The van der Waals surface area contributed by atoms with E-state index in [4.69, 9.17) is 29.4 Å². The van der Waals surface area contributed by atoms with E-state index in [1.165, 1.54) is 46.6 Å². The molecule has 0 spiro atoms. The first-order chi connectivity index (χ1) is 17.6. The van der Waals surface area contributed by atoms with E-state index in [0.29, 0.717) is 23.3 Å². The van der Waals surface area contributed by atoms with Gasteiger partial charge in [-0.3, -0.25) is 0 Å². The van der Waals surface area contributed by atoms with Crippen molar-refractivity contribution in [2.75, 3.05) is 0 Å². The monoisotopic (exact) mass is 514 g/mol. The van der Waals surface area contributed by atoms with E-state index in [1.54, 1.807) is 22.7 Å². The summed E-state index contributed by atoms with van der Waals surface area (Å²) in [5, 5.41) is 2.15. The highest BCUT2D eigenvalue weighted by Crippen LogP contribution is 2.43. The molecule has 7 rings (SSSR count). The molecule has 0 amide bonds. The topological polar surface area (TPSA) is 70.0 Å². The second-order valence-electron chi connectivity index (χ2n) is 9.61. The number of fused-ring (bicyclic) bond motifs is 6. The molecule has 0 radical (unpaired) electrons. The lowest BCUT2D eigenvalue weighted by Crippen LogP contribution is -2.01. The Kier molecular flexibility index (Phi) is 5.40. The fourth-order valence-electron chi connectivity index (χ4n) is 5.42. The van der Waals surface area contributed by atoms with Crippen molar-refractivity contribution in [3.63, 3.8) is 0 Å². The van der Waals surface area contributed by atoms with Crippen LogP contribution in [0.1, 0.15) is 58.2 Å². The first-order valence-electron chi connectivity index (χ1n) is 12.7. The molecule has 8 heteroatoms. The molecule has 0 N–H and O–H groups in total. The van der Waals surface area contributed by atoms with Crippen LogP contribution in [-0.2, 0) is 25.7 Å². The number of hydrogen-bond donors (Lipinski definition) is 0. The molecule has 1 aromatic carbocycles. The second kappa shape index (κ2) is 8.78. The summed E-state index contributed by atoms with van der Waals surface area (Å²) in [7, 11) is 0. The minimum absolute atomic E-state index is 0.640. The van der Waals surface area contributed by atoms with Crippen molar-refractivity contribution in [1.29, 1.82) is 0 Å². The molecule has 6 nitrogen and oxygen atoms in total. The highest BCUT2D eigenvalue weighted by molar-refractivity contribution is 7.19. The van der Waals surface area contributed by atoms with Crippen LogP contribution in [0.4, 0.5) is 0 Å². The van der Waals surface area contributed by atoms with Gasteiger partial charge in [-0.1, -0.05) is 6.07 Å². The van der Waals surface area contributed by atoms with Crippen LogP contribution in [0.15, 0.2) is 24.3 Å². The Hall–Kier alpha value is -3.10. The smallest absolute Gasteiger partial charge is 0.231 e. The predicted octanol–water partition coefficient (Wildman–Crippen LogP) is 7.66. The molecule has 0 bridgehead atoms. The molecule has 0 unspecified atom stereocenters. The number of hydrogen-bond acceptors (Lipinski definition) is 8. The number of nitrogens with zero attached hydrogens (tertiary/aromatic N) is 4. The van der Waals surface area contributed by atoms with Crippen molar-refractivity contribution in [3.05, 3.63) is 56.8 Å². The van der Waals surface area contributed by atoms with Crippen molar-refractivity contribution in [2.24, 2.45) is 0 Å². The highest BCUT2D eigenvalue weighted by Gasteiger charge is 2.23. The zero-order valence-corrected chi connectivity index (χ0v) is 22.0. The predicted molar refractivity (Wildman–Crippen MR) is 144 cm³/mol. The number of thiophene rings is 2. The minimum Gasteiger partial charge on any atom is -0.438 e. The Morgan fingerprint density at radius 1 is 0.639 bits per heavy atom. The lowest BCUT2D eigenvalue weighted by molar-refractivity contribution is 0.445. The number of rotatable bonds is 4. The third-order valence-corrected chi connectivity index (χ3v) is 9.39. The van der Waals surface area contributed by atoms with E-state index >= 15 is 0 Å². The average Bonchev–Trinajstić information content (AvgIpc) is 3.42. The number of aromatic nitrogens is 4. The first kappa shape index (κ1) is 22.1. The van der Waals surface area contributed by atoms with Crippen LogP contribution in [0.3, 0.4) is 0 Å². The zero-order valence-electron chi connectivity index (χ0n) is 20.4. The second-order valence-corrected chi connectivity index (χ2v) is 11.8. The standard InChI is InChI=1S/C28H26N4O2S2/c1-15-29-25(23-19-10-3-5-12-21(19)35-27(23)31-15)33-17-8-7-9-18(14-17)34-26-24-20-11-4-6-13-22(20)36-28(24)32-16(2)30-26/h7-9,14H,3-6,10-13H2,1-2H3. The fraction of sp³-hybridized carbons (Fsp3) is 0.357. The maximum absolute atomic E-state index is 6.41. The summed E-state index contributed by atoms with van der Waals surface area (Å²) < 4.78 is 12.8. The molecule has 2 aliphatic carbocycles. The molecule has 4 aromatic heterocycles. The van der Waals surface area contributed by atoms with Crippen LogP contribution in [0.2, 0.25) is 0 Å². The van der Waals surface area contributed by atoms with E-state index in [-0.39, 0.29) is 0 Å². The van der Waals surface area contributed by atoms with Crippen LogP contribution < -0.4 is 9.47 Å². The molecule has 2 aliphatic rings. The molecule has 0 atom stereocenters. The summed E-state index contributed by atoms with van der Waals surface area (Å²) in [4.78, 5) is 23.7. The Labute approximate surface area is 217 Å². The number of aryl methyl sites for hydroxylation is 6. The van der Waals surface area contributed by atoms with Crippen molar-refractivity contribution in [1.82, 2.24) is 19.9 Å². The molecule has 36 heavy (non-hydrogen) atoms. The van der Waals surface area contributed by atoms with Gasteiger partial charge in [0, 0.05) is 15.8 Å². The molecule has 4 heterocycles. The van der Waals surface area contributed by atoms with Crippen LogP contribution in [0, 0.1) is 13.8 Å². The maximum Gasteiger partial charge on any atom is 0.231 e. The average molecular weight is 515 g/mol. The third-order valence-electron chi connectivity index (χ3n) is 7.02. The normalized spacial score (nSPS) is 15.2. The van der Waals surface area contributed by atoms with Crippen molar-refractivity contribution in [3.8, 4) is 23.3 Å². The molecular weight excluding hydrogens is 488 g/mol. The minimum atomic E-state index is 0.640. The van der Waals surface area contributed by atoms with Crippen LogP contribution in [-0.4, -0.2) is 19.9 Å². The summed E-state index contributed by atoms with van der Waals surface area (Å²) in [5.41, 5.74) is 2.73. The summed E-state index contributed by atoms with van der Waals surface area (Å²) in [6, 6.07) is 7.77. The van der Waals surface area contributed by atoms with Gasteiger partial charge in [0.25, 0.3) is 0 Å². The summed E-state index contributed by atoms with van der Waals surface area (Å²) >= 11 is 3.58. The SMILES string of the molecule is Cc1nc(Oc2cccc(Oc3nc(C)nc4sc5c(c34)CCCC5)c2)c2c3c(sc2n1)CCCC3. The number of benzene rings is 1. The van der Waals surface area contributed by atoms with Crippen molar-refractivity contribution in [2.45, 2.75) is 65.2 Å². The molecule has 0 aliphatic heterocycles. The lowest BCUT2D eigenvalue weighted by Gasteiger charge is -2.14. The summed E-state index contributed by atoms with van der Waals surface area (Å²) in [5.74, 6) is 4.12. The van der Waals surface area contributed by atoms with Gasteiger partial charge in [-0.2, -0.15) is 9.97 Å². The summed E-state index contributed by atoms with van der Waals surface area (Å²) in [6.07, 6.45) is 9.26. The van der Waals surface area contributed by atoms with E-state index in [9.17, 15) is 0 Å². The zero-order chi connectivity index (χ0) is 24.2. The lowest BCUT2D eigenvalue weighted by atomic mass is 9.97. The van der Waals surface area contributed by atoms with Crippen LogP contribution >= 0.6 is 22.7 Å². The van der Waals surface area contributed by atoms with Crippen LogP contribution in [0.5, 0.6) is 23.3 Å². The van der Waals surface area contributed by atoms with E-state index in [2.05, 4.69) is 0 Å². The Morgan fingerprint density at radius 2 is 1.11 bits per heavy atom. The largest absolute Gasteiger partial charge is 0.438 e. The van der Waals surface area contributed by atoms with Gasteiger partial charge in [0.05, 0.1) is 10.8 Å². The Morgan fingerprint density at radius 3 is 1.61 bits per heavy atom. The molecule has 5 aromatic rings. The van der Waals surface area contributed by atoms with Gasteiger partial charge in [0.2, 0.25) is 11.8 Å². The highest BCUT2D eigenvalue weighted by atomic mass is 32.1.